The van der Waals surface area contributed by atoms with E-state index in [-0.39, 0.29) is 5.89 Å². The van der Waals surface area contributed by atoms with Crippen molar-refractivity contribution in [2.24, 2.45) is 0 Å². The number of rotatable bonds is 9. The molecule has 1 atom stereocenters. The predicted molar refractivity (Wildman–Crippen MR) is 142 cm³/mol. The van der Waals surface area contributed by atoms with Gasteiger partial charge in [0.1, 0.15) is 11.1 Å². The normalized spacial score (nSPS) is 17.7. The van der Waals surface area contributed by atoms with Crippen LogP contribution in [0, 0.1) is 0 Å². The lowest BCUT2D eigenvalue weighted by atomic mass is 9.73. The van der Waals surface area contributed by atoms with Gasteiger partial charge < -0.3 is 24.7 Å². The number of para-hydroxylation sites is 2. The summed E-state index contributed by atoms with van der Waals surface area (Å²) < 4.78 is 37.9. The van der Waals surface area contributed by atoms with Gasteiger partial charge in [-0.25, -0.2) is 18.2 Å². The number of benzene rings is 2. The molecule has 0 bridgehead atoms. The lowest BCUT2D eigenvalue weighted by Gasteiger charge is -2.40. The summed E-state index contributed by atoms with van der Waals surface area (Å²) in [5.74, 6) is -1.89. The molecule has 2 aromatic carbocycles. The van der Waals surface area contributed by atoms with Gasteiger partial charge in [-0.15, -0.1) is 0 Å². The average molecular weight is 555 g/mol. The molecule has 1 saturated carbocycles. The number of aromatic nitrogens is 1. The van der Waals surface area contributed by atoms with E-state index >= 15 is 0 Å². The summed E-state index contributed by atoms with van der Waals surface area (Å²) in [7, 11) is -4.09. The maximum absolute atomic E-state index is 13.6. The van der Waals surface area contributed by atoms with Crippen molar-refractivity contribution >= 4 is 38.7 Å². The topological polar surface area (TPSA) is 148 Å². The number of morpholine rings is 1. The number of fused-ring (bicyclic) bond motifs is 1. The zero-order valence-electron chi connectivity index (χ0n) is 21.3. The van der Waals surface area contributed by atoms with Crippen LogP contribution < -0.4 is 10.6 Å². The molecular formula is C27H30N4O7S. The molecular weight excluding hydrogens is 524 g/mol. The number of hydrogen-bond acceptors (Lipinski definition) is 8. The molecule has 2 fully saturated rings. The number of Topliss-reactive ketones (excluding diaryl/α,β-unsaturated/α-hetero) is 1. The molecule has 39 heavy (non-hydrogen) atoms. The highest BCUT2D eigenvalue weighted by Gasteiger charge is 2.49. The zero-order chi connectivity index (χ0) is 27.5. The molecule has 1 aliphatic carbocycles. The first-order valence-electron chi connectivity index (χ1n) is 12.9. The van der Waals surface area contributed by atoms with Crippen molar-refractivity contribution in [3.63, 3.8) is 0 Å². The van der Waals surface area contributed by atoms with E-state index in [4.69, 9.17) is 9.15 Å². The molecule has 3 amide bonds. The summed E-state index contributed by atoms with van der Waals surface area (Å²) in [6.07, 6.45) is 1.31. The molecule has 5 rings (SSSR count). The van der Waals surface area contributed by atoms with Gasteiger partial charge in [0, 0.05) is 19.6 Å². The van der Waals surface area contributed by atoms with Crippen LogP contribution in [0.4, 0.5) is 4.79 Å². The summed E-state index contributed by atoms with van der Waals surface area (Å²) in [5.41, 5.74) is 0.134. The van der Waals surface area contributed by atoms with Crippen LogP contribution in [-0.2, 0) is 25.1 Å². The quantitative estimate of drug-likeness (QED) is 0.382. The summed E-state index contributed by atoms with van der Waals surface area (Å²) >= 11 is 0. The molecule has 0 radical (unpaired) electrons. The molecule has 11 nitrogen and oxygen atoms in total. The van der Waals surface area contributed by atoms with Crippen molar-refractivity contribution in [2.75, 3.05) is 32.8 Å². The first-order valence-corrected chi connectivity index (χ1v) is 14.6. The maximum Gasteiger partial charge on any atom is 0.317 e. The van der Waals surface area contributed by atoms with Crippen LogP contribution in [0.5, 0.6) is 0 Å². The van der Waals surface area contributed by atoms with Crippen LogP contribution in [0.3, 0.4) is 0 Å². The molecule has 1 aromatic heterocycles. The van der Waals surface area contributed by atoms with Gasteiger partial charge in [0.15, 0.2) is 20.7 Å². The minimum Gasteiger partial charge on any atom is -0.434 e. The molecule has 3 aromatic rings. The zero-order valence-corrected chi connectivity index (χ0v) is 22.1. The molecule has 0 spiro atoms. The fourth-order valence-electron chi connectivity index (χ4n) is 4.78. The van der Waals surface area contributed by atoms with Crippen molar-refractivity contribution in [1.29, 1.82) is 0 Å². The van der Waals surface area contributed by atoms with Crippen LogP contribution in [0.25, 0.3) is 11.1 Å². The van der Waals surface area contributed by atoms with E-state index in [2.05, 4.69) is 15.6 Å². The minimum absolute atomic E-state index is 0.138. The third-order valence-electron chi connectivity index (χ3n) is 7.17. The van der Waals surface area contributed by atoms with E-state index in [9.17, 15) is 22.8 Å². The van der Waals surface area contributed by atoms with E-state index in [1.807, 2.05) is 0 Å². The van der Waals surface area contributed by atoms with Crippen LogP contribution in [0.15, 0.2) is 59.0 Å². The smallest absolute Gasteiger partial charge is 0.317 e. The third kappa shape index (κ3) is 5.81. The summed E-state index contributed by atoms with van der Waals surface area (Å²) in [6.45, 7) is 1.04. The van der Waals surface area contributed by atoms with Crippen molar-refractivity contribution in [2.45, 2.75) is 35.8 Å². The summed E-state index contributed by atoms with van der Waals surface area (Å²) in [6, 6.07) is 15.0. The Morgan fingerprint density at radius 2 is 1.69 bits per heavy atom. The number of carbonyl (C=O) groups is 3. The maximum atomic E-state index is 13.6. The summed E-state index contributed by atoms with van der Waals surface area (Å²) in [5, 5.41) is 3.70. The first-order chi connectivity index (χ1) is 18.8. The molecule has 2 N–H and O–H groups in total. The monoisotopic (exact) mass is 554 g/mol. The Bertz CT molecular complexity index is 1430. The van der Waals surface area contributed by atoms with E-state index in [1.54, 1.807) is 54.6 Å². The van der Waals surface area contributed by atoms with Crippen LogP contribution in [0.2, 0.25) is 0 Å². The van der Waals surface area contributed by atoms with Crippen LogP contribution in [-0.4, -0.2) is 79.7 Å². The van der Waals surface area contributed by atoms with Gasteiger partial charge in [-0.05, 0) is 37.0 Å². The van der Waals surface area contributed by atoms with Gasteiger partial charge >= 0.3 is 6.03 Å². The minimum atomic E-state index is -4.09. The number of carbonyl (C=O) groups excluding carboxylic acids is 3. The van der Waals surface area contributed by atoms with E-state index in [1.165, 1.54) is 4.90 Å². The largest absolute Gasteiger partial charge is 0.434 e. The van der Waals surface area contributed by atoms with Crippen molar-refractivity contribution in [1.82, 2.24) is 20.5 Å². The van der Waals surface area contributed by atoms with Gasteiger partial charge in [0.05, 0.1) is 19.0 Å². The van der Waals surface area contributed by atoms with E-state index < -0.39 is 50.6 Å². The second-order valence-corrected chi connectivity index (χ2v) is 12.0. The fraction of sp³-hybridized carbons (Fsp3) is 0.407. The van der Waals surface area contributed by atoms with E-state index in [0.29, 0.717) is 62.2 Å². The molecule has 1 unspecified atom stereocenters. The van der Waals surface area contributed by atoms with Crippen LogP contribution >= 0.6 is 0 Å². The Labute approximate surface area is 225 Å². The first kappa shape index (κ1) is 26.8. The van der Waals surface area contributed by atoms with Gasteiger partial charge in [0.25, 0.3) is 5.89 Å². The molecule has 2 aliphatic rings. The van der Waals surface area contributed by atoms with Crippen molar-refractivity contribution < 1.29 is 32.0 Å². The average Bonchev–Trinajstić information content (AvgIpc) is 3.35. The number of amides is 3. The number of sulfone groups is 1. The lowest BCUT2D eigenvalue weighted by molar-refractivity contribution is -0.123. The highest BCUT2D eigenvalue weighted by atomic mass is 32.2. The number of ketones is 1. The number of ether oxygens (including phenoxy) is 1. The fourth-order valence-corrected chi connectivity index (χ4v) is 6.36. The Kier molecular flexibility index (Phi) is 7.67. The van der Waals surface area contributed by atoms with Gasteiger partial charge in [0.2, 0.25) is 11.7 Å². The molecule has 206 valence electrons. The Balaban J connectivity index is 1.37. The van der Waals surface area contributed by atoms with Gasteiger partial charge in [-0.3, -0.25) is 9.59 Å². The molecule has 12 heteroatoms. The highest BCUT2D eigenvalue weighted by molar-refractivity contribution is 7.92. The molecule has 1 aliphatic heterocycles. The van der Waals surface area contributed by atoms with Crippen LogP contribution in [0.1, 0.15) is 35.5 Å². The summed E-state index contributed by atoms with van der Waals surface area (Å²) in [4.78, 5) is 45.6. The van der Waals surface area contributed by atoms with Crippen molar-refractivity contribution in [3.8, 4) is 0 Å². The molecule has 1 saturated heterocycles. The number of nitrogens with zero attached hydrogens (tertiary/aromatic N) is 2. The Hall–Kier alpha value is -3.77. The third-order valence-corrected chi connectivity index (χ3v) is 9.15. The van der Waals surface area contributed by atoms with E-state index in [0.717, 1.165) is 0 Å². The highest BCUT2D eigenvalue weighted by Crippen LogP contribution is 2.36. The van der Waals surface area contributed by atoms with Gasteiger partial charge in [-0.1, -0.05) is 42.5 Å². The number of oxazole rings is 1. The predicted octanol–water partition coefficient (Wildman–Crippen LogP) is 2.07. The van der Waals surface area contributed by atoms with Gasteiger partial charge in [-0.2, -0.15) is 0 Å². The number of nitrogens with one attached hydrogen (secondary N) is 2. The van der Waals surface area contributed by atoms with Crippen molar-refractivity contribution in [3.05, 3.63) is 66.1 Å². The SMILES string of the molecule is O=C(NC1(C(=O)c2nc3ccccc3o2)CCC1)C(CNC(=O)N1CCOCC1)S(=O)(=O)Cc1ccccc1. The molecule has 2 heterocycles. The Morgan fingerprint density at radius 1 is 1.00 bits per heavy atom. The second kappa shape index (κ2) is 11.1. The lowest BCUT2D eigenvalue weighted by Crippen LogP contribution is -2.63. The standard InChI is InChI=1S/C27H30N4O7S/c32-23(25-29-20-9-4-5-10-21(20)38-25)27(11-6-12-27)30-24(33)22(17-28-26(34)31-13-15-37-16-14-31)39(35,36)18-19-7-2-1-3-8-19/h1-5,7-10,22H,6,11-18H2,(H,28,34)(H,30,33). The number of urea groups is 1. The number of hydrogen-bond donors (Lipinski definition) is 2. The Morgan fingerprint density at radius 3 is 2.36 bits per heavy atom. The second-order valence-electron chi connectivity index (χ2n) is 9.81.